The Hall–Kier alpha value is -0.530. The average Bonchev–Trinajstić information content (AvgIpc) is 2.09. The quantitative estimate of drug-likeness (QED) is 0.538. The van der Waals surface area contributed by atoms with Crippen molar-refractivity contribution in [3.8, 4) is 0 Å². The molecule has 2 fully saturated rings. The van der Waals surface area contributed by atoms with Gasteiger partial charge in [-0.15, -0.1) is 0 Å². The van der Waals surface area contributed by atoms with Crippen LogP contribution in [0.5, 0.6) is 0 Å². The second-order valence-electron chi connectivity index (χ2n) is 5.05. The fraction of sp³-hybridized carbons (Fsp3) is 0.909. The number of hydrogen-bond acceptors (Lipinski definition) is 2. The Balaban J connectivity index is 2.25. The summed E-state index contributed by atoms with van der Waals surface area (Å²) in [6.07, 6.45) is 4.77. The van der Waals surface area contributed by atoms with Crippen LogP contribution in [0.1, 0.15) is 46.5 Å². The van der Waals surface area contributed by atoms with E-state index in [1.807, 2.05) is 13.8 Å². The van der Waals surface area contributed by atoms with Gasteiger partial charge in [-0.3, -0.25) is 4.79 Å². The minimum Gasteiger partial charge on any atom is -0.457 e. The fourth-order valence-corrected chi connectivity index (χ4v) is 2.94. The van der Waals surface area contributed by atoms with Crippen LogP contribution in [0.2, 0.25) is 0 Å². The molecule has 0 bridgehead atoms. The zero-order valence-corrected chi connectivity index (χ0v) is 8.72. The maximum atomic E-state index is 11.3. The van der Waals surface area contributed by atoms with Crippen LogP contribution in [0.15, 0.2) is 0 Å². The van der Waals surface area contributed by atoms with E-state index < -0.39 is 0 Å². The van der Waals surface area contributed by atoms with E-state index in [1.165, 1.54) is 19.3 Å². The third-order valence-electron chi connectivity index (χ3n) is 4.07. The van der Waals surface area contributed by atoms with Gasteiger partial charge in [-0.05, 0) is 39.0 Å². The highest BCUT2D eigenvalue weighted by Crippen LogP contribution is 2.56. The van der Waals surface area contributed by atoms with Gasteiger partial charge >= 0.3 is 5.97 Å². The Morgan fingerprint density at radius 1 is 1.38 bits per heavy atom. The maximum Gasteiger partial charge on any atom is 0.316 e. The minimum absolute atomic E-state index is 0.0127. The number of carbonyl (C=O) groups is 1. The van der Waals surface area contributed by atoms with E-state index >= 15 is 0 Å². The van der Waals surface area contributed by atoms with E-state index in [0.29, 0.717) is 5.92 Å². The first-order valence-electron chi connectivity index (χ1n) is 5.24. The summed E-state index contributed by atoms with van der Waals surface area (Å²) >= 11 is 0. The van der Waals surface area contributed by atoms with E-state index in [-0.39, 0.29) is 17.0 Å². The van der Waals surface area contributed by atoms with Gasteiger partial charge in [0.05, 0.1) is 0 Å². The topological polar surface area (TPSA) is 26.3 Å². The molecule has 2 atom stereocenters. The number of hydrogen-bond donors (Lipinski definition) is 0. The average molecular weight is 182 g/mol. The number of carbonyl (C=O) groups excluding carboxylic acids is 1. The predicted molar refractivity (Wildman–Crippen MR) is 50.2 cm³/mol. The molecule has 13 heavy (non-hydrogen) atoms. The molecule has 2 aliphatic rings. The zero-order chi connectivity index (χ0) is 9.69. The Kier molecular flexibility index (Phi) is 1.73. The van der Waals surface area contributed by atoms with Crippen LogP contribution in [-0.2, 0) is 9.53 Å². The lowest BCUT2D eigenvalue weighted by Crippen LogP contribution is -2.67. The zero-order valence-electron chi connectivity index (χ0n) is 8.72. The lowest BCUT2D eigenvalue weighted by atomic mass is 9.58. The molecule has 1 saturated carbocycles. The van der Waals surface area contributed by atoms with Gasteiger partial charge in [-0.25, -0.2) is 0 Å². The molecular weight excluding hydrogens is 164 g/mol. The lowest BCUT2D eigenvalue weighted by molar-refractivity contribution is -0.257. The molecule has 1 aliphatic heterocycles. The molecule has 0 radical (unpaired) electrons. The van der Waals surface area contributed by atoms with Gasteiger partial charge in [0.1, 0.15) is 11.0 Å². The molecule has 2 nitrogen and oxygen atoms in total. The molecule has 0 aromatic rings. The third-order valence-corrected chi connectivity index (χ3v) is 4.07. The first-order valence-corrected chi connectivity index (χ1v) is 5.24. The highest BCUT2D eigenvalue weighted by atomic mass is 16.6. The highest BCUT2D eigenvalue weighted by molar-refractivity contribution is 5.84. The molecule has 0 aromatic carbocycles. The molecule has 1 spiro atoms. The van der Waals surface area contributed by atoms with E-state index in [0.717, 1.165) is 6.42 Å². The molecule has 2 rings (SSSR count). The maximum absolute atomic E-state index is 11.3. The minimum atomic E-state index is -0.243. The van der Waals surface area contributed by atoms with E-state index in [2.05, 4.69) is 6.92 Å². The summed E-state index contributed by atoms with van der Waals surface area (Å²) < 4.78 is 5.46. The van der Waals surface area contributed by atoms with Crippen LogP contribution in [0.4, 0.5) is 0 Å². The van der Waals surface area contributed by atoms with Crippen LogP contribution >= 0.6 is 0 Å². The SMILES string of the molecule is C[C@H]1CCCC[C@@]12OC(=O)C2(C)C. The molecular formula is C11H18O2. The van der Waals surface area contributed by atoms with Gasteiger partial charge < -0.3 is 4.74 Å². The molecule has 0 aromatic heterocycles. The standard InChI is InChI=1S/C11H18O2/c1-8-6-4-5-7-11(8)10(2,3)9(12)13-11/h8H,4-7H2,1-3H3/t8-,11+/m0/s1. The molecule has 1 saturated heterocycles. The molecule has 2 heteroatoms. The lowest BCUT2D eigenvalue weighted by Gasteiger charge is -2.58. The van der Waals surface area contributed by atoms with Crippen molar-refractivity contribution in [1.82, 2.24) is 0 Å². The van der Waals surface area contributed by atoms with Gasteiger partial charge in [0.15, 0.2) is 0 Å². The Labute approximate surface area is 79.7 Å². The molecule has 1 heterocycles. The summed E-state index contributed by atoms with van der Waals surface area (Å²) in [6.45, 7) is 6.27. The van der Waals surface area contributed by atoms with E-state index in [4.69, 9.17) is 4.74 Å². The summed E-state index contributed by atoms with van der Waals surface area (Å²) in [5, 5.41) is 0. The molecule has 0 unspecified atom stereocenters. The van der Waals surface area contributed by atoms with Crippen molar-refractivity contribution in [2.24, 2.45) is 11.3 Å². The van der Waals surface area contributed by atoms with Gasteiger partial charge in [0.2, 0.25) is 0 Å². The van der Waals surface area contributed by atoms with Gasteiger partial charge in [-0.1, -0.05) is 13.3 Å². The highest BCUT2D eigenvalue weighted by Gasteiger charge is 2.65. The number of ether oxygens (including phenoxy) is 1. The Bertz CT molecular complexity index is 244. The van der Waals surface area contributed by atoms with E-state index in [9.17, 15) is 4.79 Å². The molecule has 1 aliphatic carbocycles. The van der Waals surface area contributed by atoms with Crippen LogP contribution in [0, 0.1) is 11.3 Å². The van der Waals surface area contributed by atoms with Crippen molar-refractivity contribution in [3.63, 3.8) is 0 Å². The summed E-state index contributed by atoms with van der Waals surface area (Å²) in [7, 11) is 0. The van der Waals surface area contributed by atoms with Gasteiger partial charge in [0.25, 0.3) is 0 Å². The van der Waals surface area contributed by atoms with Crippen molar-refractivity contribution in [2.75, 3.05) is 0 Å². The van der Waals surface area contributed by atoms with Crippen LogP contribution in [-0.4, -0.2) is 11.6 Å². The Morgan fingerprint density at radius 3 is 2.54 bits per heavy atom. The van der Waals surface area contributed by atoms with Gasteiger partial charge in [0, 0.05) is 0 Å². The number of esters is 1. The van der Waals surface area contributed by atoms with Crippen LogP contribution in [0.3, 0.4) is 0 Å². The summed E-state index contributed by atoms with van der Waals surface area (Å²) in [5.74, 6) is 0.523. The van der Waals surface area contributed by atoms with Crippen LogP contribution in [0.25, 0.3) is 0 Å². The first-order chi connectivity index (χ1) is 6.01. The number of rotatable bonds is 0. The smallest absolute Gasteiger partial charge is 0.316 e. The van der Waals surface area contributed by atoms with E-state index in [1.54, 1.807) is 0 Å². The fourth-order valence-electron chi connectivity index (χ4n) is 2.94. The van der Waals surface area contributed by atoms with Crippen molar-refractivity contribution in [2.45, 2.75) is 52.1 Å². The summed E-state index contributed by atoms with van der Waals surface area (Å²) in [6, 6.07) is 0. The monoisotopic (exact) mass is 182 g/mol. The first kappa shape index (κ1) is 9.04. The second-order valence-corrected chi connectivity index (χ2v) is 5.05. The summed E-state index contributed by atoms with van der Waals surface area (Å²) in [5.41, 5.74) is -0.366. The van der Waals surface area contributed by atoms with Crippen LogP contribution < -0.4 is 0 Å². The van der Waals surface area contributed by atoms with Crippen molar-refractivity contribution < 1.29 is 9.53 Å². The second kappa shape index (κ2) is 2.49. The van der Waals surface area contributed by atoms with Crippen molar-refractivity contribution in [1.29, 1.82) is 0 Å². The van der Waals surface area contributed by atoms with Crippen molar-refractivity contribution in [3.05, 3.63) is 0 Å². The normalized spacial score (nSPS) is 42.7. The predicted octanol–water partition coefficient (Wildman–Crippen LogP) is 2.52. The van der Waals surface area contributed by atoms with Crippen molar-refractivity contribution >= 4 is 5.97 Å². The Morgan fingerprint density at radius 2 is 2.08 bits per heavy atom. The molecule has 0 N–H and O–H groups in total. The third kappa shape index (κ3) is 0.918. The van der Waals surface area contributed by atoms with Gasteiger partial charge in [-0.2, -0.15) is 0 Å². The largest absolute Gasteiger partial charge is 0.457 e. The molecule has 74 valence electrons. The summed E-state index contributed by atoms with van der Waals surface area (Å²) in [4.78, 5) is 11.3. The molecule has 0 amide bonds.